The molecule has 0 atom stereocenters. The second kappa shape index (κ2) is 7.86. The van der Waals surface area contributed by atoms with Gasteiger partial charge in [-0.25, -0.2) is 14.7 Å². The van der Waals surface area contributed by atoms with Gasteiger partial charge in [0, 0.05) is 18.3 Å². The van der Waals surface area contributed by atoms with E-state index in [-0.39, 0.29) is 23.9 Å². The normalized spacial score (nSPS) is 16.0. The van der Waals surface area contributed by atoms with Gasteiger partial charge >= 0.3 is 6.03 Å². The van der Waals surface area contributed by atoms with Crippen molar-refractivity contribution in [2.24, 2.45) is 9.98 Å². The number of aliphatic imine (C=N–C) groups is 2. The molecule has 4 amide bonds. The molecule has 0 radical (unpaired) electrons. The SMILES string of the molecule is CCCCCNC(=O)CN1C(=O)N=C2C(c3ccccc3)=CN=C2C1=O. The van der Waals surface area contributed by atoms with Gasteiger partial charge in [-0.05, 0) is 12.0 Å². The number of benzene rings is 1. The number of nitrogens with zero attached hydrogens (tertiary/aromatic N) is 3. The van der Waals surface area contributed by atoms with Gasteiger partial charge in [0.1, 0.15) is 12.3 Å². The van der Waals surface area contributed by atoms with E-state index in [1.165, 1.54) is 6.20 Å². The second-order valence-electron chi connectivity index (χ2n) is 6.08. The molecular weight excluding hydrogens is 332 g/mol. The number of amides is 4. The third kappa shape index (κ3) is 3.61. The van der Waals surface area contributed by atoms with Crippen LogP contribution in [0.25, 0.3) is 5.57 Å². The monoisotopic (exact) mass is 352 g/mol. The largest absolute Gasteiger partial charge is 0.355 e. The van der Waals surface area contributed by atoms with Crippen molar-refractivity contribution < 1.29 is 14.4 Å². The zero-order valence-corrected chi connectivity index (χ0v) is 14.6. The summed E-state index contributed by atoms with van der Waals surface area (Å²) in [7, 11) is 0. The van der Waals surface area contributed by atoms with Crippen molar-refractivity contribution in [3.8, 4) is 0 Å². The lowest BCUT2D eigenvalue weighted by molar-refractivity contribution is -0.128. The van der Waals surface area contributed by atoms with Crippen LogP contribution >= 0.6 is 0 Å². The van der Waals surface area contributed by atoms with E-state index in [1.807, 2.05) is 30.3 Å². The molecule has 3 rings (SSSR count). The van der Waals surface area contributed by atoms with Crippen LogP contribution in [0.2, 0.25) is 0 Å². The van der Waals surface area contributed by atoms with Gasteiger partial charge in [0.25, 0.3) is 5.91 Å². The highest BCUT2D eigenvalue weighted by atomic mass is 16.2. The summed E-state index contributed by atoms with van der Waals surface area (Å²) in [6.45, 7) is 2.25. The minimum atomic E-state index is -0.739. The predicted octanol–water partition coefficient (Wildman–Crippen LogP) is 2.19. The third-order valence-electron chi connectivity index (χ3n) is 4.18. The summed E-state index contributed by atoms with van der Waals surface area (Å²) in [5.74, 6) is -0.970. The topological polar surface area (TPSA) is 91.2 Å². The highest BCUT2D eigenvalue weighted by Gasteiger charge is 2.38. The van der Waals surface area contributed by atoms with E-state index in [9.17, 15) is 14.4 Å². The molecule has 0 aliphatic carbocycles. The predicted molar refractivity (Wildman–Crippen MR) is 98.9 cm³/mol. The minimum Gasteiger partial charge on any atom is -0.355 e. The minimum absolute atomic E-state index is 0.0993. The first kappa shape index (κ1) is 17.7. The molecule has 0 spiro atoms. The molecule has 134 valence electrons. The van der Waals surface area contributed by atoms with Crippen LogP contribution in [-0.4, -0.2) is 47.3 Å². The first-order chi connectivity index (χ1) is 12.6. The fourth-order valence-corrected chi connectivity index (χ4v) is 2.79. The number of fused-ring (bicyclic) bond motifs is 1. The molecule has 1 aromatic carbocycles. The molecule has 1 aromatic rings. The summed E-state index contributed by atoms with van der Waals surface area (Å²) in [6, 6.07) is 8.57. The Labute approximate surface area is 151 Å². The van der Waals surface area contributed by atoms with Crippen LogP contribution in [0, 0.1) is 0 Å². The van der Waals surface area contributed by atoms with Crippen molar-refractivity contribution >= 4 is 34.8 Å². The zero-order chi connectivity index (χ0) is 18.5. The Morgan fingerprint density at radius 1 is 1.12 bits per heavy atom. The number of imide groups is 1. The van der Waals surface area contributed by atoms with Crippen molar-refractivity contribution in [1.29, 1.82) is 0 Å². The first-order valence-electron chi connectivity index (χ1n) is 8.67. The van der Waals surface area contributed by atoms with E-state index < -0.39 is 11.9 Å². The number of urea groups is 1. The van der Waals surface area contributed by atoms with Crippen molar-refractivity contribution in [3.63, 3.8) is 0 Å². The van der Waals surface area contributed by atoms with E-state index in [2.05, 4.69) is 22.2 Å². The van der Waals surface area contributed by atoms with Crippen LogP contribution in [-0.2, 0) is 9.59 Å². The summed E-state index contributed by atoms with van der Waals surface area (Å²) < 4.78 is 0. The lowest BCUT2D eigenvalue weighted by Gasteiger charge is -2.23. The number of allylic oxidation sites excluding steroid dienone is 1. The lowest BCUT2D eigenvalue weighted by Crippen LogP contribution is -2.50. The third-order valence-corrected chi connectivity index (χ3v) is 4.18. The second-order valence-corrected chi connectivity index (χ2v) is 6.08. The Kier molecular flexibility index (Phi) is 5.36. The number of hydrogen-bond donors (Lipinski definition) is 1. The zero-order valence-electron chi connectivity index (χ0n) is 14.6. The standard InChI is InChI=1S/C19H20N4O3/c1-2-3-7-10-20-15(24)12-23-18(25)17-16(22-19(23)26)14(11-21-17)13-8-5-4-6-9-13/h4-6,8-9,11H,2-3,7,10,12H2,1H3,(H,20,24). The molecule has 0 aromatic heterocycles. The molecule has 0 saturated carbocycles. The van der Waals surface area contributed by atoms with Gasteiger partial charge in [0.2, 0.25) is 5.91 Å². The Bertz CT molecular complexity index is 824. The molecule has 0 saturated heterocycles. The molecule has 2 heterocycles. The summed E-state index contributed by atoms with van der Waals surface area (Å²) in [6.07, 6.45) is 4.46. The fraction of sp³-hybridized carbons (Fsp3) is 0.316. The fourth-order valence-electron chi connectivity index (χ4n) is 2.79. The lowest BCUT2D eigenvalue weighted by atomic mass is 9.99. The van der Waals surface area contributed by atoms with Gasteiger partial charge in [0.15, 0.2) is 5.71 Å². The maximum atomic E-state index is 12.6. The highest BCUT2D eigenvalue weighted by Crippen LogP contribution is 2.25. The first-order valence-corrected chi connectivity index (χ1v) is 8.67. The summed E-state index contributed by atoms with van der Waals surface area (Å²) >= 11 is 0. The molecule has 7 heteroatoms. The number of carbonyl (C=O) groups excluding carboxylic acids is 3. The maximum absolute atomic E-state index is 12.6. The average Bonchev–Trinajstić information content (AvgIpc) is 3.07. The molecule has 0 fully saturated rings. The number of nitrogens with one attached hydrogen (secondary N) is 1. The average molecular weight is 352 g/mol. The number of rotatable bonds is 7. The van der Waals surface area contributed by atoms with E-state index in [4.69, 9.17) is 0 Å². The summed E-state index contributed by atoms with van der Waals surface area (Å²) in [4.78, 5) is 45.8. The maximum Gasteiger partial charge on any atom is 0.351 e. The molecule has 0 bridgehead atoms. The molecule has 7 nitrogen and oxygen atoms in total. The Morgan fingerprint density at radius 2 is 1.88 bits per heavy atom. The van der Waals surface area contributed by atoms with Gasteiger partial charge in [-0.15, -0.1) is 0 Å². The number of unbranched alkanes of at least 4 members (excludes halogenated alkanes) is 2. The Hall–Kier alpha value is -3.09. The molecule has 1 N–H and O–H groups in total. The summed E-state index contributed by atoms with van der Waals surface area (Å²) in [5.41, 5.74) is 1.83. The van der Waals surface area contributed by atoms with Crippen molar-refractivity contribution in [3.05, 3.63) is 42.1 Å². The molecule has 2 aliphatic heterocycles. The van der Waals surface area contributed by atoms with E-state index in [0.29, 0.717) is 12.1 Å². The van der Waals surface area contributed by atoms with Crippen LogP contribution < -0.4 is 5.32 Å². The smallest absolute Gasteiger partial charge is 0.351 e. The number of hydrogen-bond acceptors (Lipinski definition) is 4. The highest BCUT2D eigenvalue weighted by molar-refractivity contribution is 6.78. The number of carbonyl (C=O) groups is 3. The van der Waals surface area contributed by atoms with Crippen LogP contribution in [0.15, 0.2) is 46.5 Å². The van der Waals surface area contributed by atoms with Crippen LogP contribution in [0.3, 0.4) is 0 Å². The van der Waals surface area contributed by atoms with Crippen LogP contribution in [0.5, 0.6) is 0 Å². The molecule has 2 aliphatic rings. The van der Waals surface area contributed by atoms with Crippen LogP contribution in [0.1, 0.15) is 31.7 Å². The van der Waals surface area contributed by atoms with E-state index in [0.717, 1.165) is 29.7 Å². The van der Waals surface area contributed by atoms with Gasteiger partial charge in [-0.2, -0.15) is 4.99 Å². The van der Waals surface area contributed by atoms with Crippen LogP contribution in [0.4, 0.5) is 4.79 Å². The van der Waals surface area contributed by atoms with Gasteiger partial charge < -0.3 is 5.32 Å². The molecule has 0 unspecified atom stereocenters. The van der Waals surface area contributed by atoms with Crippen molar-refractivity contribution in [2.45, 2.75) is 26.2 Å². The van der Waals surface area contributed by atoms with Crippen molar-refractivity contribution in [1.82, 2.24) is 10.2 Å². The van der Waals surface area contributed by atoms with Gasteiger partial charge in [-0.1, -0.05) is 50.1 Å². The molecular formula is C19H20N4O3. The van der Waals surface area contributed by atoms with E-state index >= 15 is 0 Å². The Balaban J connectivity index is 1.70. The van der Waals surface area contributed by atoms with E-state index in [1.54, 1.807) is 0 Å². The van der Waals surface area contributed by atoms with Crippen molar-refractivity contribution in [2.75, 3.05) is 13.1 Å². The van der Waals surface area contributed by atoms with Gasteiger partial charge in [0.05, 0.1) is 0 Å². The Morgan fingerprint density at radius 3 is 2.62 bits per heavy atom. The quantitative estimate of drug-likeness (QED) is 0.763. The molecule has 26 heavy (non-hydrogen) atoms. The van der Waals surface area contributed by atoms with Gasteiger partial charge in [-0.3, -0.25) is 9.59 Å². The summed E-state index contributed by atoms with van der Waals surface area (Å²) in [5, 5.41) is 2.71.